The van der Waals surface area contributed by atoms with E-state index in [0.717, 1.165) is 0 Å². The first kappa shape index (κ1) is 29.7. The Kier molecular flexibility index (Phi) is 6.84. The van der Waals surface area contributed by atoms with Crippen LogP contribution in [-0.2, 0) is 29.5 Å². The van der Waals surface area contributed by atoms with Gasteiger partial charge in [-0.2, -0.15) is 15.0 Å². The van der Waals surface area contributed by atoms with E-state index in [-0.39, 0.29) is 0 Å². The van der Waals surface area contributed by atoms with Crippen molar-refractivity contribution in [2.24, 2.45) is 0 Å². The molecule has 1 heterocycles. The highest BCUT2D eigenvalue weighted by Crippen LogP contribution is 2.44. The van der Waals surface area contributed by atoms with Crippen LogP contribution in [0.5, 0.6) is 51.7 Å². The Labute approximate surface area is 233 Å². The van der Waals surface area contributed by atoms with Gasteiger partial charge in [0.2, 0.25) is 46.8 Å². The smallest absolute Gasteiger partial charge is 0.257 e. The number of phenols is 9. The zero-order valence-corrected chi connectivity index (χ0v) is 22.5. The fraction of sp³-hybridized carbons (Fsp3) is 0. The zero-order chi connectivity index (χ0) is 31.5. The van der Waals surface area contributed by atoms with Gasteiger partial charge in [0.1, 0.15) is 14.7 Å². The Bertz CT molecular complexity index is 1880. The number of sulfone groups is 3. The highest BCUT2D eigenvalue weighted by molar-refractivity contribution is 7.92. The lowest BCUT2D eigenvalue weighted by atomic mass is 10.3. The summed E-state index contributed by atoms with van der Waals surface area (Å²) in [6.07, 6.45) is 0. The van der Waals surface area contributed by atoms with E-state index in [2.05, 4.69) is 15.0 Å². The van der Waals surface area contributed by atoms with Crippen LogP contribution in [0.25, 0.3) is 0 Å². The number of aromatic nitrogens is 3. The molecule has 18 nitrogen and oxygen atoms in total. The van der Waals surface area contributed by atoms with Crippen molar-refractivity contribution < 1.29 is 71.2 Å². The van der Waals surface area contributed by atoms with Crippen LogP contribution in [0, 0.1) is 0 Å². The topological polar surface area (TPSA) is 323 Å². The van der Waals surface area contributed by atoms with Crippen LogP contribution in [0.4, 0.5) is 0 Å². The molecule has 0 atom stereocenters. The van der Waals surface area contributed by atoms with Crippen molar-refractivity contribution in [2.45, 2.75) is 30.2 Å². The summed E-state index contributed by atoms with van der Waals surface area (Å²) in [4.78, 5) is 5.98. The quantitative estimate of drug-likeness (QED) is 0.122. The number of rotatable bonds is 6. The maximum absolute atomic E-state index is 13.3. The summed E-state index contributed by atoms with van der Waals surface area (Å²) in [6.45, 7) is 0. The molecule has 0 bridgehead atoms. The second-order valence-corrected chi connectivity index (χ2v) is 13.5. The van der Waals surface area contributed by atoms with Gasteiger partial charge in [-0.1, -0.05) is 0 Å². The summed E-state index contributed by atoms with van der Waals surface area (Å²) < 4.78 is 80.0. The number of hydrogen-bond acceptors (Lipinski definition) is 18. The number of hydrogen-bond donors (Lipinski definition) is 9. The van der Waals surface area contributed by atoms with Crippen molar-refractivity contribution in [1.82, 2.24) is 15.0 Å². The molecule has 0 saturated carbocycles. The summed E-state index contributed by atoms with van der Waals surface area (Å²) in [7, 11) is -16.2. The summed E-state index contributed by atoms with van der Waals surface area (Å²) in [5, 5.41) is 83.1. The molecule has 21 heteroatoms. The zero-order valence-electron chi connectivity index (χ0n) is 20.0. The first-order valence-corrected chi connectivity index (χ1v) is 15.0. The molecule has 0 aliphatic heterocycles. The van der Waals surface area contributed by atoms with Gasteiger partial charge in [-0.15, -0.1) is 0 Å². The third-order valence-electron chi connectivity index (χ3n) is 5.44. The molecule has 9 N–H and O–H groups in total. The second-order valence-electron chi connectivity index (χ2n) is 8.03. The molecule has 0 aliphatic carbocycles. The number of nitrogens with zero attached hydrogens (tertiary/aromatic N) is 3. The number of benzene rings is 3. The van der Waals surface area contributed by atoms with Crippen LogP contribution in [0.2, 0.25) is 0 Å². The van der Waals surface area contributed by atoms with Crippen molar-refractivity contribution in [2.75, 3.05) is 0 Å². The molecule has 0 unspecified atom stereocenters. The summed E-state index contributed by atoms with van der Waals surface area (Å²) in [5.74, 6) is -11.4. The Balaban J connectivity index is 2.10. The van der Waals surface area contributed by atoms with Crippen LogP contribution in [0.1, 0.15) is 0 Å². The Morgan fingerprint density at radius 3 is 0.786 bits per heavy atom. The molecule has 0 spiro atoms. The highest BCUT2D eigenvalue weighted by Gasteiger charge is 2.37. The number of phenolic OH excluding ortho intramolecular Hbond substituents is 9. The van der Waals surface area contributed by atoms with Gasteiger partial charge in [0.05, 0.1) is 0 Å². The second kappa shape index (κ2) is 9.67. The molecule has 0 fully saturated rings. The van der Waals surface area contributed by atoms with Crippen LogP contribution in [0.15, 0.2) is 66.6 Å². The average Bonchev–Trinajstić information content (AvgIpc) is 2.92. The van der Waals surface area contributed by atoms with E-state index >= 15 is 0 Å². The summed E-state index contributed by atoms with van der Waals surface area (Å²) in [5.41, 5.74) is 0. The molecule has 3 aromatic carbocycles. The lowest BCUT2D eigenvalue weighted by Crippen LogP contribution is -2.19. The van der Waals surface area contributed by atoms with E-state index in [1.165, 1.54) is 0 Å². The van der Waals surface area contributed by atoms with E-state index in [1.807, 2.05) is 0 Å². The van der Waals surface area contributed by atoms with Gasteiger partial charge in [0, 0.05) is 0 Å². The van der Waals surface area contributed by atoms with E-state index in [9.17, 15) is 71.2 Å². The van der Waals surface area contributed by atoms with Crippen molar-refractivity contribution in [3.63, 3.8) is 0 Å². The minimum atomic E-state index is -5.40. The van der Waals surface area contributed by atoms with E-state index in [4.69, 9.17) is 0 Å². The van der Waals surface area contributed by atoms with Crippen LogP contribution in [-0.4, -0.2) is 86.2 Å². The van der Waals surface area contributed by atoms with Gasteiger partial charge in [0.15, 0.2) is 34.5 Å². The molecular weight excluding hydrogens is 630 g/mol. The normalized spacial score (nSPS) is 12.3. The first-order valence-electron chi connectivity index (χ1n) is 10.6. The molecular formula is C21H15N3O15S3. The van der Waals surface area contributed by atoms with Gasteiger partial charge in [-0.25, -0.2) is 25.3 Å². The fourth-order valence-corrected chi connectivity index (χ4v) is 7.08. The largest absolute Gasteiger partial charge is 0.504 e. The fourth-order valence-electron chi connectivity index (χ4n) is 3.28. The Morgan fingerprint density at radius 1 is 0.357 bits per heavy atom. The van der Waals surface area contributed by atoms with Gasteiger partial charge >= 0.3 is 0 Å². The van der Waals surface area contributed by atoms with Crippen molar-refractivity contribution in [1.29, 1.82) is 0 Å². The lowest BCUT2D eigenvalue weighted by Gasteiger charge is -2.12. The highest BCUT2D eigenvalue weighted by atomic mass is 32.2. The minimum absolute atomic E-state index is 0.513. The first-order chi connectivity index (χ1) is 19.3. The molecule has 1 aromatic heterocycles. The molecule has 0 saturated heterocycles. The Morgan fingerprint density at radius 2 is 0.571 bits per heavy atom. The van der Waals surface area contributed by atoms with Crippen molar-refractivity contribution >= 4 is 29.5 Å². The predicted octanol–water partition coefficient (Wildman–Crippen LogP) is -0.280. The van der Waals surface area contributed by atoms with Gasteiger partial charge in [-0.3, -0.25) is 0 Å². The van der Waals surface area contributed by atoms with Crippen LogP contribution < -0.4 is 0 Å². The molecule has 0 aliphatic rings. The van der Waals surface area contributed by atoms with Gasteiger partial charge in [-0.05, 0) is 36.4 Å². The SMILES string of the molecule is O=S(=O)(c1nc(S(=O)(=O)c2ccc(O)c(O)c2O)nc(S(=O)(=O)c2ccc(O)c(O)c2O)n1)c1ccc(O)c(O)c1O. The maximum Gasteiger partial charge on any atom is 0.257 e. The third-order valence-corrected chi connectivity index (χ3v) is 10.2. The van der Waals surface area contributed by atoms with Gasteiger partial charge < -0.3 is 46.0 Å². The van der Waals surface area contributed by atoms with Gasteiger partial charge in [0.25, 0.3) is 15.5 Å². The average molecular weight is 646 g/mol. The number of aromatic hydroxyl groups is 9. The molecule has 0 amide bonds. The molecule has 4 aromatic rings. The van der Waals surface area contributed by atoms with Crippen molar-refractivity contribution in [3.05, 3.63) is 36.4 Å². The standard InChI is InChI=1S/C21H15N3O15S3/c25-7-1-4-10(16(31)13(7)28)40(34,35)19-22-20(41(36,37)11-5-2-8(26)14(29)17(11)32)24-21(23-19)42(38,39)12-6-3-9(27)15(30)18(12)33/h1-6,25-33H. The van der Waals surface area contributed by atoms with Crippen LogP contribution >= 0.6 is 0 Å². The summed E-state index contributed by atoms with van der Waals surface area (Å²) >= 11 is 0. The van der Waals surface area contributed by atoms with Crippen molar-refractivity contribution in [3.8, 4) is 51.7 Å². The molecule has 0 radical (unpaired) electrons. The molecule has 4 rings (SSSR count). The molecule has 222 valence electrons. The summed E-state index contributed by atoms with van der Waals surface area (Å²) in [6, 6.07) is 3.31. The monoisotopic (exact) mass is 645 g/mol. The lowest BCUT2D eigenvalue weighted by molar-refractivity contribution is 0.360. The minimum Gasteiger partial charge on any atom is -0.504 e. The van der Waals surface area contributed by atoms with Crippen LogP contribution in [0.3, 0.4) is 0 Å². The Hall–Kier alpha value is -5.28. The van der Waals surface area contributed by atoms with E-state index in [1.54, 1.807) is 0 Å². The molecule has 42 heavy (non-hydrogen) atoms. The predicted molar refractivity (Wildman–Crippen MR) is 130 cm³/mol. The van der Waals surface area contributed by atoms with E-state index < -0.39 is 111 Å². The van der Waals surface area contributed by atoms with E-state index in [0.29, 0.717) is 36.4 Å². The maximum atomic E-state index is 13.3. The third kappa shape index (κ3) is 4.49.